The summed E-state index contributed by atoms with van der Waals surface area (Å²) in [6, 6.07) is 3.61. The molecule has 0 saturated carbocycles. The highest BCUT2D eigenvalue weighted by Gasteiger charge is 2.16. The number of fused-ring (bicyclic) bond motifs is 2. The molecule has 1 fully saturated rings. The first kappa shape index (κ1) is 17.8. The molecule has 1 aliphatic heterocycles. The van der Waals surface area contributed by atoms with Gasteiger partial charge < -0.3 is 14.2 Å². The minimum Gasteiger partial charge on any atom is -0.353 e. The molecule has 4 aromatic rings. The van der Waals surface area contributed by atoms with Gasteiger partial charge in [-0.1, -0.05) is 0 Å². The Morgan fingerprint density at radius 1 is 0.966 bits per heavy atom. The second kappa shape index (κ2) is 6.66. The number of piperazine rings is 1. The summed E-state index contributed by atoms with van der Waals surface area (Å²) < 4.78 is 3.56. The summed E-state index contributed by atoms with van der Waals surface area (Å²) in [5.74, 6) is 0.813. The number of hydrogen-bond acceptors (Lipinski definition) is 6. The molecule has 148 valence electrons. The zero-order valence-electron chi connectivity index (χ0n) is 16.8. The Balaban J connectivity index is 1.57. The van der Waals surface area contributed by atoms with E-state index in [0.717, 1.165) is 54.5 Å². The van der Waals surface area contributed by atoms with Crippen LogP contribution in [-0.2, 0) is 0 Å². The van der Waals surface area contributed by atoms with Crippen LogP contribution >= 0.6 is 0 Å². The molecule has 29 heavy (non-hydrogen) atoms. The molecule has 0 unspecified atom stereocenters. The quantitative estimate of drug-likeness (QED) is 0.520. The van der Waals surface area contributed by atoms with Gasteiger partial charge in [-0.3, -0.25) is 9.20 Å². The lowest BCUT2D eigenvalue weighted by molar-refractivity contribution is 0.312. The molecule has 4 aromatic heterocycles. The fraction of sp³-hybridized carbons (Fsp3) is 0.333. The number of pyridine rings is 1. The van der Waals surface area contributed by atoms with E-state index >= 15 is 0 Å². The van der Waals surface area contributed by atoms with Crippen molar-refractivity contribution in [2.24, 2.45) is 0 Å². The van der Waals surface area contributed by atoms with Gasteiger partial charge in [-0.25, -0.2) is 15.0 Å². The lowest BCUT2D eigenvalue weighted by atomic mass is 10.1. The predicted molar refractivity (Wildman–Crippen MR) is 113 cm³/mol. The van der Waals surface area contributed by atoms with Crippen molar-refractivity contribution in [2.75, 3.05) is 38.1 Å². The number of likely N-dealkylation sites (N-methyl/N-ethyl adjacent to an activating group) is 1. The van der Waals surface area contributed by atoms with E-state index in [1.165, 1.54) is 0 Å². The van der Waals surface area contributed by atoms with Crippen molar-refractivity contribution in [3.05, 3.63) is 58.5 Å². The average Bonchev–Trinajstić information content (AvgIpc) is 3.09. The smallest absolute Gasteiger partial charge is 0.258 e. The molecule has 8 heteroatoms. The maximum absolute atomic E-state index is 12.9. The number of hydrogen-bond donors (Lipinski definition) is 0. The Labute approximate surface area is 168 Å². The zero-order chi connectivity index (χ0) is 20.1. The molecule has 0 amide bonds. The second-order valence-corrected chi connectivity index (χ2v) is 7.77. The minimum atomic E-state index is -0.109. The molecule has 8 nitrogen and oxygen atoms in total. The van der Waals surface area contributed by atoms with Crippen LogP contribution in [0.2, 0.25) is 0 Å². The molecule has 0 aliphatic carbocycles. The van der Waals surface area contributed by atoms with Gasteiger partial charge in [0, 0.05) is 50.2 Å². The van der Waals surface area contributed by atoms with E-state index in [-0.39, 0.29) is 5.56 Å². The highest BCUT2D eigenvalue weighted by molar-refractivity contribution is 5.65. The van der Waals surface area contributed by atoms with Crippen molar-refractivity contribution in [2.45, 2.75) is 13.8 Å². The third-order valence-corrected chi connectivity index (χ3v) is 5.51. The van der Waals surface area contributed by atoms with Crippen molar-refractivity contribution in [3.63, 3.8) is 0 Å². The normalized spacial score (nSPS) is 15.5. The molecule has 0 atom stereocenters. The van der Waals surface area contributed by atoms with Gasteiger partial charge in [0.05, 0.1) is 23.8 Å². The molecule has 5 heterocycles. The molecular weight excluding hydrogens is 366 g/mol. The van der Waals surface area contributed by atoms with Gasteiger partial charge >= 0.3 is 0 Å². The summed E-state index contributed by atoms with van der Waals surface area (Å²) in [6.07, 6.45) is 7.43. The van der Waals surface area contributed by atoms with E-state index < -0.39 is 0 Å². The van der Waals surface area contributed by atoms with Crippen molar-refractivity contribution in [1.29, 1.82) is 0 Å². The van der Waals surface area contributed by atoms with Gasteiger partial charge in [-0.2, -0.15) is 0 Å². The number of rotatable bonds is 2. The minimum absolute atomic E-state index is 0.109. The summed E-state index contributed by atoms with van der Waals surface area (Å²) in [5.41, 5.74) is 4.88. The SMILES string of the molecule is Cc1cn2cc(-c3cc(=O)n4cc(N5CCN(C)CC5)ncc4n3)cc(C)c2n1. The number of aromatic nitrogens is 5. The molecule has 1 aliphatic rings. The Morgan fingerprint density at radius 3 is 2.55 bits per heavy atom. The summed E-state index contributed by atoms with van der Waals surface area (Å²) in [7, 11) is 2.12. The van der Waals surface area contributed by atoms with Crippen molar-refractivity contribution >= 4 is 17.1 Å². The molecule has 0 bridgehead atoms. The average molecular weight is 389 g/mol. The van der Waals surface area contributed by atoms with Crippen LogP contribution in [0.1, 0.15) is 11.3 Å². The first-order chi connectivity index (χ1) is 14.0. The topological polar surface area (TPSA) is 71.0 Å². The van der Waals surface area contributed by atoms with Crippen molar-refractivity contribution in [1.82, 2.24) is 28.7 Å². The van der Waals surface area contributed by atoms with Crippen LogP contribution in [-0.4, -0.2) is 61.9 Å². The van der Waals surface area contributed by atoms with Crippen LogP contribution in [0.15, 0.2) is 41.7 Å². The zero-order valence-corrected chi connectivity index (χ0v) is 16.8. The van der Waals surface area contributed by atoms with Gasteiger partial charge in [0.25, 0.3) is 5.56 Å². The fourth-order valence-electron chi connectivity index (χ4n) is 3.88. The first-order valence-corrected chi connectivity index (χ1v) is 9.77. The second-order valence-electron chi connectivity index (χ2n) is 7.77. The lowest BCUT2D eigenvalue weighted by Crippen LogP contribution is -2.45. The molecule has 0 radical (unpaired) electrons. The van der Waals surface area contributed by atoms with Gasteiger partial charge in [0.15, 0.2) is 5.65 Å². The van der Waals surface area contributed by atoms with E-state index in [1.54, 1.807) is 22.9 Å². The van der Waals surface area contributed by atoms with Crippen molar-refractivity contribution in [3.8, 4) is 11.3 Å². The van der Waals surface area contributed by atoms with Crippen molar-refractivity contribution < 1.29 is 0 Å². The molecule has 0 aromatic carbocycles. The van der Waals surface area contributed by atoms with Gasteiger partial charge in [-0.15, -0.1) is 0 Å². The van der Waals surface area contributed by atoms with E-state index in [1.807, 2.05) is 36.7 Å². The van der Waals surface area contributed by atoms with E-state index in [4.69, 9.17) is 4.98 Å². The number of nitrogens with zero attached hydrogens (tertiary/aromatic N) is 7. The highest BCUT2D eigenvalue weighted by atomic mass is 16.1. The van der Waals surface area contributed by atoms with E-state index in [0.29, 0.717) is 11.3 Å². The maximum Gasteiger partial charge on any atom is 0.258 e. The monoisotopic (exact) mass is 389 g/mol. The molecular formula is C21H23N7O. The van der Waals surface area contributed by atoms with Crippen LogP contribution in [0, 0.1) is 13.8 Å². The first-order valence-electron chi connectivity index (χ1n) is 9.77. The van der Waals surface area contributed by atoms with Gasteiger partial charge in [0.2, 0.25) is 0 Å². The lowest BCUT2D eigenvalue weighted by Gasteiger charge is -2.33. The molecule has 0 spiro atoms. The van der Waals surface area contributed by atoms with Crippen LogP contribution < -0.4 is 10.5 Å². The standard InChI is InChI=1S/C21H23N7O/c1-14-8-16(12-27-11-15(2)23-21(14)27)17-9-20(29)28-13-19(22-10-18(28)24-17)26-6-4-25(3)5-7-26/h8-13H,4-7H2,1-3H3. The Morgan fingerprint density at radius 2 is 1.76 bits per heavy atom. The Bertz CT molecular complexity index is 1280. The third-order valence-electron chi connectivity index (χ3n) is 5.51. The molecule has 1 saturated heterocycles. The number of imidazole rings is 1. The molecule has 5 rings (SSSR count). The Kier molecular flexibility index (Phi) is 4.09. The number of aryl methyl sites for hydroxylation is 2. The Hall–Kier alpha value is -3.26. The van der Waals surface area contributed by atoms with Gasteiger partial charge in [-0.05, 0) is 32.5 Å². The number of anilines is 1. The third kappa shape index (κ3) is 3.15. The van der Waals surface area contributed by atoms with E-state index in [9.17, 15) is 4.79 Å². The van der Waals surface area contributed by atoms with E-state index in [2.05, 4.69) is 26.8 Å². The van der Waals surface area contributed by atoms with Crippen LogP contribution in [0.4, 0.5) is 5.82 Å². The van der Waals surface area contributed by atoms with Crippen LogP contribution in [0.5, 0.6) is 0 Å². The maximum atomic E-state index is 12.9. The fourth-order valence-corrected chi connectivity index (χ4v) is 3.88. The molecule has 0 N–H and O–H groups in total. The summed E-state index contributed by atoms with van der Waals surface area (Å²) in [5, 5.41) is 0. The summed E-state index contributed by atoms with van der Waals surface area (Å²) in [6.45, 7) is 7.76. The van der Waals surface area contributed by atoms with Crippen LogP contribution in [0.3, 0.4) is 0 Å². The van der Waals surface area contributed by atoms with Crippen LogP contribution in [0.25, 0.3) is 22.6 Å². The van der Waals surface area contributed by atoms with Gasteiger partial charge in [0.1, 0.15) is 11.5 Å². The summed E-state index contributed by atoms with van der Waals surface area (Å²) in [4.78, 5) is 31.2. The predicted octanol–water partition coefficient (Wildman–Crippen LogP) is 1.77. The summed E-state index contributed by atoms with van der Waals surface area (Å²) >= 11 is 0. The highest BCUT2D eigenvalue weighted by Crippen LogP contribution is 2.21. The largest absolute Gasteiger partial charge is 0.353 e.